The SMILES string of the molecule is Nc1cnc2[nH]ccc2c1N(C1CCC(O)C1)S(=O)(=O)c1ccccc1. The smallest absolute Gasteiger partial charge is 0.264 e. The Morgan fingerprint density at radius 2 is 1.96 bits per heavy atom. The van der Waals surface area contributed by atoms with E-state index in [1.54, 1.807) is 42.6 Å². The largest absolute Gasteiger partial charge is 0.396 e. The first-order valence-corrected chi connectivity index (χ1v) is 9.91. The summed E-state index contributed by atoms with van der Waals surface area (Å²) < 4.78 is 28.4. The lowest BCUT2D eigenvalue weighted by Crippen LogP contribution is -2.40. The Morgan fingerprint density at radius 1 is 1.19 bits per heavy atom. The summed E-state index contributed by atoms with van der Waals surface area (Å²) in [4.78, 5) is 7.42. The lowest BCUT2D eigenvalue weighted by Gasteiger charge is -2.31. The van der Waals surface area contributed by atoms with Crippen LogP contribution < -0.4 is 10.0 Å². The molecule has 0 bridgehead atoms. The minimum atomic E-state index is -3.85. The van der Waals surface area contributed by atoms with E-state index in [0.717, 1.165) is 0 Å². The van der Waals surface area contributed by atoms with Crippen LogP contribution in [-0.4, -0.2) is 35.6 Å². The highest BCUT2D eigenvalue weighted by atomic mass is 32.2. The van der Waals surface area contributed by atoms with Crippen LogP contribution in [0.4, 0.5) is 11.4 Å². The molecule has 1 saturated carbocycles. The fraction of sp³-hybridized carbons (Fsp3) is 0.278. The third-order valence-corrected chi connectivity index (χ3v) is 6.68. The number of nitrogen functional groups attached to an aromatic ring is 1. The maximum Gasteiger partial charge on any atom is 0.264 e. The van der Waals surface area contributed by atoms with Gasteiger partial charge in [-0.05, 0) is 37.5 Å². The Hall–Kier alpha value is -2.58. The predicted octanol–water partition coefficient (Wildman–Crippen LogP) is 2.25. The van der Waals surface area contributed by atoms with Crippen LogP contribution >= 0.6 is 0 Å². The molecular formula is C18H20N4O3S. The van der Waals surface area contributed by atoms with Gasteiger partial charge in [0, 0.05) is 17.6 Å². The molecule has 0 radical (unpaired) electrons. The van der Waals surface area contributed by atoms with Crippen molar-refractivity contribution in [3.8, 4) is 0 Å². The number of nitrogens with two attached hydrogens (primary N) is 1. The summed E-state index contributed by atoms with van der Waals surface area (Å²) >= 11 is 0. The summed E-state index contributed by atoms with van der Waals surface area (Å²) in [6, 6.07) is 9.70. The van der Waals surface area contributed by atoms with E-state index >= 15 is 0 Å². The third kappa shape index (κ3) is 2.71. The Kier molecular flexibility index (Phi) is 4.08. The quantitative estimate of drug-likeness (QED) is 0.650. The van der Waals surface area contributed by atoms with Crippen molar-refractivity contribution in [2.75, 3.05) is 10.0 Å². The van der Waals surface area contributed by atoms with Crippen molar-refractivity contribution in [2.45, 2.75) is 36.3 Å². The van der Waals surface area contributed by atoms with Gasteiger partial charge in [0.05, 0.1) is 28.6 Å². The number of rotatable bonds is 4. The molecule has 3 aromatic rings. The van der Waals surface area contributed by atoms with Crippen LogP contribution in [0.2, 0.25) is 0 Å². The van der Waals surface area contributed by atoms with Crippen LogP contribution in [0.3, 0.4) is 0 Å². The number of aromatic amines is 1. The molecule has 1 aliphatic rings. The van der Waals surface area contributed by atoms with Gasteiger partial charge in [-0.25, -0.2) is 13.4 Å². The van der Waals surface area contributed by atoms with Gasteiger partial charge in [-0.2, -0.15) is 0 Å². The zero-order valence-electron chi connectivity index (χ0n) is 14.0. The standard InChI is InChI=1S/C18H20N4O3S/c19-16-11-21-18-15(8-9-20-18)17(16)22(12-6-7-13(23)10-12)26(24,25)14-4-2-1-3-5-14/h1-5,8-9,11-13,23H,6-7,10,19H2,(H,20,21). The van der Waals surface area contributed by atoms with Gasteiger partial charge in [0.2, 0.25) is 0 Å². The summed E-state index contributed by atoms with van der Waals surface area (Å²) in [5.41, 5.74) is 7.45. The molecule has 4 N–H and O–H groups in total. The lowest BCUT2D eigenvalue weighted by atomic mass is 10.2. The lowest BCUT2D eigenvalue weighted by molar-refractivity contribution is 0.181. The Balaban J connectivity index is 1.95. The van der Waals surface area contributed by atoms with Crippen molar-refractivity contribution in [1.29, 1.82) is 0 Å². The molecule has 4 rings (SSSR count). The molecule has 0 aliphatic heterocycles. The molecule has 2 heterocycles. The number of aromatic nitrogens is 2. The monoisotopic (exact) mass is 372 g/mol. The van der Waals surface area contributed by atoms with Crippen LogP contribution in [0.5, 0.6) is 0 Å². The first-order chi connectivity index (χ1) is 12.5. The van der Waals surface area contributed by atoms with Gasteiger partial charge in [0.25, 0.3) is 10.0 Å². The van der Waals surface area contributed by atoms with Gasteiger partial charge in [0.1, 0.15) is 5.65 Å². The summed E-state index contributed by atoms with van der Waals surface area (Å²) in [5.74, 6) is 0. The van der Waals surface area contributed by atoms with Crippen LogP contribution in [0, 0.1) is 0 Å². The fourth-order valence-electron chi connectivity index (χ4n) is 3.61. The molecule has 2 unspecified atom stereocenters. The van der Waals surface area contributed by atoms with Gasteiger partial charge >= 0.3 is 0 Å². The van der Waals surface area contributed by atoms with E-state index in [1.165, 1.54) is 10.5 Å². The number of nitrogens with one attached hydrogen (secondary N) is 1. The maximum atomic E-state index is 13.5. The Morgan fingerprint density at radius 3 is 2.65 bits per heavy atom. The number of nitrogens with zero attached hydrogens (tertiary/aromatic N) is 2. The zero-order chi connectivity index (χ0) is 18.3. The van der Waals surface area contributed by atoms with Gasteiger partial charge in [0.15, 0.2) is 0 Å². The van der Waals surface area contributed by atoms with Crippen molar-refractivity contribution in [3.63, 3.8) is 0 Å². The van der Waals surface area contributed by atoms with Crippen LogP contribution in [0.15, 0.2) is 53.7 Å². The van der Waals surface area contributed by atoms with E-state index < -0.39 is 16.1 Å². The molecule has 2 atom stereocenters. The third-order valence-electron chi connectivity index (χ3n) is 4.82. The number of pyridine rings is 1. The highest BCUT2D eigenvalue weighted by molar-refractivity contribution is 7.93. The molecule has 8 heteroatoms. The Labute approximate surface area is 151 Å². The van der Waals surface area contributed by atoms with E-state index in [0.29, 0.717) is 36.0 Å². The summed E-state index contributed by atoms with van der Waals surface area (Å²) in [6.45, 7) is 0. The van der Waals surface area contributed by atoms with E-state index in [2.05, 4.69) is 9.97 Å². The van der Waals surface area contributed by atoms with Crippen LogP contribution in [0.1, 0.15) is 19.3 Å². The van der Waals surface area contributed by atoms with E-state index in [4.69, 9.17) is 5.73 Å². The van der Waals surface area contributed by atoms with Crippen LogP contribution in [-0.2, 0) is 10.0 Å². The van der Waals surface area contributed by atoms with Gasteiger partial charge in [-0.15, -0.1) is 0 Å². The highest BCUT2D eigenvalue weighted by Gasteiger charge is 2.38. The molecule has 7 nitrogen and oxygen atoms in total. The molecular weight excluding hydrogens is 352 g/mol. The minimum absolute atomic E-state index is 0.196. The molecule has 2 aromatic heterocycles. The van der Waals surface area contributed by atoms with E-state index in [1.807, 2.05) is 0 Å². The van der Waals surface area contributed by atoms with Crippen molar-refractivity contribution < 1.29 is 13.5 Å². The summed E-state index contributed by atoms with van der Waals surface area (Å²) in [5, 5.41) is 10.6. The number of aliphatic hydroxyl groups is 1. The van der Waals surface area contributed by atoms with E-state index in [9.17, 15) is 13.5 Å². The first-order valence-electron chi connectivity index (χ1n) is 8.47. The van der Waals surface area contributed by atoms with Crippen molar-refractivity contribution in [1.82, 2.24) is 9.97 Å². The van der Waals surface area contributed by atoms with Gasteiger partial charge in [-0.1, -0.05) is 18.2 Å². The second-order valence-corrected chi connectivity index (χ2v) is 8.35. The molecule has 0 amide bonds. The molecule has 0 spiro atoms. The number of aliphatic hydroxyl groups excluding tert-OH is 1. The molecule has 26 heavy (non-hydrogen) atoms. The van der Waals surface area contributed by atoms with Crippen molar-refractivity contribution in [2.24, 2.45) is 0 Å². The fourth-order valence-corrected chi connectivity index (χ4v) is 5.36. The number of H-pyrrole nitrogens is 1. The second-order valence-electron chi connectivity index (χ2n) is 6.54. The molecule has 0 saturated heterocycles. The second kappa shape index (κ2) is 6.30. The van der Waals surface area contributed by atoms with Crippen LogP contribution in [0.25, 0.3) is 11.0 Å². The minimum Gasteiger partial charge on any atom is -0.396 e. The molecule has 136 valence electrons. The predicted molar refractivity (Wildman–Crippen MR) is 100 cm³/mol. The first kappa shape index (κ1) is 16.9. The van der Waals surface area contributed by atoms with Gasteiger partial charge in [-0.3, -0.25) is 4.31 Å². The summed E-state index contributed by atoms with van der Waals surface area (Å²) in [6.07, 6.45) is 4.16. The molecule has 1 fully saturated rings. The maximum absolute atomic E-state index is 13.5. The number of fused-ring (bicyclic) bond motifs is 1. The molecule has 1 aliphatic carbocycles. The number of benzene rings is 1. The number of hydrogen-bond donors (Lipinski definition) is 3. The normalized spacial score (nSPS) is 20.5. The topological polar surface area (TPSA) is 112 Å². The number of sulfonamides is 1. The average molecular weight is 372 g/mol. The number of hydrogen-bond acceptors (Lipinski definition) is 5. The van der Waals surface area contributed by atoms with Crippen molar-refractivity contribution in [3.05, 3.63) is 48.8 Å². The van der Waals surface area contributed by atoms with Gasteiger partial charge < -0.3 is 15.8 Å². The number of anilines is 2. The molecule has 1 aromatic carbocycles. The zero-order valence-corrected chi connectivity index (χ0v) is 14.9. The van der Waals surface area contributed by atoms with E-state index in [-0.39, 0.29) is 16.6 Å². The summed E-state index contributed by atoms with van der Waals surface area (Å²) in [7, 11) is -3.85. The highest BCUT2D eigenvalue weighted by Crippen LogP contribution is 2.40. The Bertz CT molecular complexity index is 1030. The average Bonchev–Trinajstić information content (AvgIpc) is 3.27. The van der Waals surface area contributed by atoms with Crippen molar-refractivity contribution >= 4 is 32.4 Å².